The molecule has 10 heteroatoms. The van der Waals surface area contributed by atoms with Crippen LogP contribution >= 0.6 is 0 Å². The van der Waals surface area contributed by atoms with Crippen molar-refractivity contribution in [2.75, 3.05) is 20.8 Å². The van der Waals surface area contributed by atoms with Gasteiger partial charge in [0.15, 0.2) is 0 Å². The van der Waals surface area contributed by atoms with E-state index in [1.54, 1.807) is 18.3 Å². The molecule has 2 amide bonds. The molecule has 0 bridgehead atoms. The zero-order chi connectivity index (χ0) is 23.3. The second-order valence-electron chi connectivity index (χ2n) is 6.82. The summed E-state index contributed by atoms with van der Waals surface area (Å²) in [5, 5.41) is 15.0. The van der Waals surface area contributed by atoms with E-state index in [0.29, 0.717) is 11.4 Å². The Kier molecular flexibility index (Phi) is 9.92. The third-order valence-corrected chi connectivity index (χ3v) is 4.40. The number of amides is 2. The van der Waals surface area contributed by atoms with Crippen LogP contribution in [0.1, 0.15) is 17.5 Å². The van der Waals surface area contributed by atoms with Gasteiger partial charge >= 0.3 is 12.1 Å². The molecule has 2 atom stereocenters. The van der Waals surface area contributed by atoms with Crippen LogP contribution in [0.25, 0.3) is 0 Å². The molecule has 0 spiro atoms. The average molecular weight is 445 g/mol. The first-order chi connectivity index (χ1) is 15.4. The zero-order valence-electron chi connectivity index (χ0n) is 17.9. The molecule has 0 saturated carbocycles. The molecule has 0 aliphatic heterocycles. The number of pyridine rings is 1. The number of carbonyl (C=O) groups is 3. The Labute approximate surface area is 185 Å². The lowest BCUT2D eigenvalue weighted by Gasteiger charge is -2.19. The van der Waals surface area contributed by atoms with E-state index in [1.807, 2.05) is 30.3 Å². The molecule has 1 aromatic heterocycles. The van der Waals surface area contributed by atoms with Crippen molar-refractivity contribution in [1.82, 2.24) is 15.6 Å². The first-order valence-electron chi connectivity index (χ1n) is 9.90. The Balaban J connectivity index is 1.81. The summed E-state index contributed by atoms with van der Waals surface area (Å²) in [5.41, 5.74) is 1.43. The summed E-state index contributed by atoms with van der Waals surface area (Å²) in [5.74, 6) is -0.912. The van der Waals surface area contributed by atoms with Crippen molar-refractivity contribution >= 4 is 18.0 Å². The number of ether oxygens (including phenoxy) is 3. The summed E-state index contributed by atoms with van der Waals surface area (Å²) in [6, 6.07) is 11.5. The van der Waals surface area contributed by atoms with Crippen molar-refractivity contribution in [3.05, 3.63) is 59.8 Å². The lowest BCUT2D eigenvalue weighted by Crippen LogP contribution is -2.45. The number of aliphatic hydroxyl groups is 1. The number of aromatic nitrogens is 1. The zero-order valence-corrected chi connectivity index (χ0v) is 17.9. The highest BCUT2D eigenvalue weighted by Gasteiger charge is 2.25. The third kappa shape index (κ3) is 8.23. The molecular weight excluding hydrogens is 418 g/mol. The van der Waals surface area contributed by atoms with Crippen LogP contribution in [0, 0.1) is 0 Å². The first-order valence-corrected chi connectivity index (χ1v) is 9.90. The summed E-state index contributed by atoms with van der Waals surface area (Å²) in [4.78, 5) is 40.2. The quantitative estimate of drug-likeness (QED) is 0.435. The molecule has 0 saturated heterocycles. The van der Waals surface area contributed by atoms with Gasteiger partial charge in [0.05, 0.1) is 26.7 Å². The second kappa shape index (κ2) is 12.9. The van der Waals surface area contributed by atoms with Gasteiger partial charge in [-0.15, -0.1) is 0 Å². The molecule has 3 N–H and O–H groups in total. The van der Waals surface area contributed by atoms with Crippen LogP contribution in [-0.2, 0) is 32.1 Å². The smallest absolute Gasteiger partial charge is 0.407 e. The number of benzene rings is 1. The molecule has 0 unspecified atom stereocenters. The molecule has 0 aliphatic carbocycles. The molecule has 1 heterocycles. The molecule has 2 rings (SSSR count). The summed E-state index contributed by atoms with van der Waals surface area (Å²) in [6.07, 6.45) is -0.593. The number of hydrogen-bond donors (Lipinski definition) is 3. The Morgan fingerprint density at radius 3 is 2.53 bits per heavy atom. The van der Waals surface area contributed by atoms with Gasteiger partial charge in [0.25, 0.3) is 0 Å². The van der Waals surface area contributed by atoms with Crippen LogP contribution in [0.15, 0.2) is 48.7 Å². The highest BCUT2D eigenvalue weighted by Crippen LogP contribution is 2.16. The number of aliphatic hydroxyl groups excluding tert-OH is 1. The highest BCUT2D eigenvalue weighted by atomic mass is 16.5. The van der Waals surface area contributed by atoms with Crippen molar-refractivity contribution in [2.24, 2.45) is 0 Å². The summed E-state index contributed by atoms with van der Waals surface area (Å²) >= 11 is 0. The van der Waals surface area contributed by atoms with E-state index in [2.05, 4.69) is 15.6 Å². The van der Waals surface area contributed by atoms with Crippen molar-refractivity contribution in [3.8, 4) is 5.88 Å². The van der Waals surface area contributed by atoms with Gasteiger partial charge in [-0.1, -0.05) is 36.4 Å². The normalized spacial score (nSPS) is 12.2. The maximum atomic E-state index is 12.3. The number of alkyl carbamates (subject to hydrolysis) is 1. The Morgan fingerprint density at radius 1 is 1.09 bits per heavy atom. The maximum absolute atomic E-state index is 12.3. The molecule has 172 valence electrons. The SMILES string of the molecule is COC(=O)[C@@H](Cc1cccnc1OC)NC(=O)C[C@@H](O)CNC(=O)OCc1ccccc1. The first kappa shape index (κ1) is 24.6. The van der Waals surface area contributed by atoms with Crippen LogP contribution in [0.5, 0.6) is 5.88 Å². The monoisotopic (exact) mass is 445 g/mol. The van der Waals surface area contributed by atoms with Crippen LogP contribution < -0.4 is 15.4 Å². The van der Waals surface area contributed by atoms with E-state index < -0.39 is 30.1 Å². The Morgan fingerprint density at radius 2 is 1.84 bits per heavy atom. The molecule has 0 aliphatic rings. The van der Waals surface area contributed by atoms with Gasteiger partial charge in [0.2, 0.25) is 11.8 Å². The lowest BCUT2D eigenvalue weighted by molar-refractivity contribution is -0.145. The minimum atomic E-state index is -1.18. The van der Waals surface area contributed by atoms with E-state index in [-0.39, 0.29) is 26.0 Å². The molecule has 10 nitrogen and oxygen atoms in total. The van der Waals surface area contributed by atoms with Crippen molar-refractivity contribution in [3.63, 3.8) is 0 Å². The van der Waals surface area contributed by atoms with E-state index in [1.165, 1.54) is 14.2 Å². The summed E-state index contributed by atoms with van der Waals surface area (Å²) in [7, 11) is 2.66. The van der Waals surface area contributed by atoms with Crippen LogP contribution in [0.3, 0.4) is 0 Å². The fraction of sp³-hybridized carbons (Fsp3) is 0.364. The van der Waals surface area contributed by atoms with Crippen LogP contribution in [0.2, 0.25) is 0 Å². The standard InChI is InChI=1S/C22H27N3O7/c1-30-20-16(9-6-10-23-20)11-18(21(28)31-2)25-19(27)12-17(26)13-24-22(29)32-14-15-7-4-3-5-8-15/h3-10,17-18,26H,11-14H2,1-2H3,(H,24,29)(H,25,27)/t17-,18-/m1/s1. The topological polar surface area (TPSA) is 136 Å². The fourth-order valence-corrected chi connectivity index (χ4v) is 2.83. The number of carbonyl (C=O) groups excluding carboxylic acids is 3. The minimum Gasteiger partial charge on any atom is -0.481 e. The summed E-state index contributed by atoms with van der Waals surface area (Å²) < 4.78 is 15.0. The fourth-order valence-electron chi connectivity index (χ4n) is 2.83. The van der Waals surface area contributed by atoms with Gasteiger partial charge in [0, 0.05) is 24.7 Å². The van der Waals surface area contributed by atoms with Gasteiger partial charge in [0.1, 0.15) is 12.6 Å². The van der Waals surface area contributed by atoms with E-state index in [9.17, 15) is 19.5 Å². The van der Waals surface area contributed by atoms with Gasteiger partial charge < -0.3 is 30.0 Å². The van der Waals surface area contributed by atoms with Crippen LogP contribution in [-0.4, -0.2) is 61.0 Å². The van der Waals surface area contributed by atoms with Gasteiger partial charge in [-0.05, 0) is 11.6 Å². The molecular formula is C22H27N3O7. The summed E-state index contributed by atoms with van der Waals surface area (Å²) in [6.45, 7) is -0.109. The van der Waals surface area contributed by atoms with E-state index in [4.69, 9.17) is 14.2 Å². The number of esters is 1. The Bertz CT molecular complexity index is 892. The highest BCUT2D eigenvalue weighted by molar-refractivity contribution is 5.85. The molecule has 0 radical (unpaired) electrons. The van der Waals surface area contributed by atoms with Gasteiger partial charge in [-0.3, -0.25) is 4.79 Å². The minimum absolute atomic E-state index is 0.0852. The van der Waals surface area contributed by atoms with Crippen molar-refractivity contribution < 1.29 is 33.7 Å². The van der Waals surface area contributed by atoms with Crippen LogP contribution in [0.4, 0.5) is 4.79 Å². The maximum Gasteiger partial charge on any atom is 0.407 e. The number of methoxy groups -OCH3 is 2. The number of nitrogens with zero attached hydrogens (tertiary/aromatic N) is 1. The lowest BCUT2D eigenvalue weighted by atomic mass is 10.1. The molecule has 0 fully saturated rings. The average Bonchev–Trinajstić information content (AvgIpc) is 2.81. The number of rotatable bonds is 11. The molecule has 32 heavy (non-hydrogen) atoms. The number of hydrogen-bond acceptors (Lipinski definition) is 8. The second-order valence-corrected chi connectivity index (χ2v) is 6.82. The third-order valence-electron chi connectivity index (χ3n) is 4.40. The number of nitrogens with one attached hydrogen (secondary N) is 2. The molecule has 1 aromatic carbocycles. The van der Waals surface area contributed by atoms with E-state index in [0.717, 1.165) is 5.56 Å². The largest absolute Gasteiger partial charge is 0.481 e. The van der Waals surface area contributed by atoms with Crippen molar-refractivity contribution in [2.45, 2.75) is 31.6 Å². The van der Waals surface area contributed by atoms with E-state index >= 15 is 0 Å². The van der Waals surface area contributed by atoms with Gasteiger partial charge in [-0.25, -0.2) is 14.6 Å². The van der Waals surface area contributed by atoms with Crippen molar-refractivity contribution in [1.29, 1.82) is 0 Å². The predicted octanol–water partition coefficient (Wildman–Crippen LogP) is 0.968. The predicted molar refractivity (Wildman–Crippen MR) is 114 cm³/mol. The Hall–Kier alpha value is -3.66. The van der Waals surface area contributed by atoms with Gasteiger partial charge in [-0.2, -0.15) is 0 Å². The molecule has 2 aromatic rings.